The molecule has 1 N–H and O–H groups in total. The lowest BCUT2D eigenvalue weighted by Crippen LogP contribution is -2.59. The number of rotatable bonds is 3. The molecule has 2 rings (SSSR count). The summed E-state index contributed by atoms with van der Waals surface area (Å²) in [5.41, 5.74) is -0.240. The SMILES string of the molecule is CC1(C)C(Cl)CC1NS(=O)(=O)c1ccccc1Cl. The van der Waals surface area contributed by atoms with Crippen LogP contribution in [0.4, 0.5) is 0 Å². The first-order chi connectivity index (χ1) is 8.25. The molecule has 0 saturated heterocycles. The Bertz CT molecular complexity index is 557. The third-order valence-electron chi connectivity index (χ3n) is 3.57. The van der Waals surface area contributed by atoms with E-state index in [1.54, 1.807) is 18.2 Å². The molecular weight excluding hydrogens is 293 g/mol. The Morgan fingerprint density at radius 2 is 1.94 bits per heavy atom. The van der Waals surface area contributed by atoms with Gasteiger partial charge in [-0.15, -0.1) is 11.6 Å². The van der Waals surface area contributed by atoms with E-state index in [0.29, 0.717) is 6.42 Å². The van der Waals surface area contributed by atoms with Gasteiger partial charge in [-0.1, -0.05) is 37.6 Å². The van der Waals surface area contributed by atoms with E-state index >= 15 is 0 Å². The quantitative estimate of drug-likeness (QED) is 0.873. The zero-order valence-corrected chi connectivity index (χ0v) is 12.5. The largest absolute Gasteiger partial charge is 0.242 e. The molecule has 0 heterocycles. The van der Waals surface area contributed by atoms with Crippen molar-refractivity contribution >= 4 is 33.2 Å². The van der Waals surface area contributed by atoms with Gasteiger partial charge in [0.25, 0.3) is 0 Å². The van der Waals surface area contributed by atoms with Gasteiger partial charge in [0.1, 0.15) is 4.90 Å². The fraction of sp³-hybridized carbons (Fsp3) is 0.500. The third-order valence-corrected chi connectivity index (χ3v) is 6.28. The summed E-state index contributed by atoms with van der Waals surface area (Å²) in [5, 5.41) is 0.223. The highest BCUT2D eigenvalue weighted by molar-refractivity contribution is 7.89. The van der Waals surface area contributed by atoms with Crippen LogP contribution in [0.5, 0.6) is 0 Å². The first-order valence-corrected chi connectivity index (χ1v) is 7.96. The molecule has 1 aliphatic rings. The molecule has 3 nitrogen and oxygen atoms in total. The van der Waals surface area contributed by atoms with Crippen molar-refractivity contribution in [3.63, 3.8) is 0 Å². The molecule has 2 unspecified atom stereocenters. The molecule has 0 radical (unpaired) electrons. The second kappa shape index (κ2) is 4.67. The van der Waals surface area contributed by atoms with Crippen molar-refractivity contribution in [2.45, 2.75) is 36.6 Å². The van der Waals surface area contributed by atoms with E-state index in [9.17, 15) is 8.42 Å². The molecule has 18 heavy (non-hydrogen) atoms. The zero-order chi connectivity index (χ0) is 13.6. The number of halogens is 2. The van der Waals surface area contributed by atoms with Gasteiger partial charge in [-0.2, -0.15) is 0 Å². The van der Waals surface area contributed by atoms with Crippen molar-refractivity contribution in [3.05, 3.63) is 29.3 Å². The maximum Gasteiger partial charge on any atom is 0.242 e. The zero-order valence-electron chi connectivity index (χ0n) is 10.2. The highest BCUT2D eigenvalue weighted by Crippen LogP contribution is 2.45. The summed E-state index contributed by atoms with van der Waals surface area (Å²) in [6.07, 6.45) is 0.637. The summed E-state index contributed by atoms with van der Waals surface area (Å²) in [5.74, 6) is 0. The molecule has 1 fully saturated rings. The molecule has 1 aliphatic carbocycles. The fourth-order valence-corrected chi connectivity index (χ4v) is 4.24. The average molecular weight is 308 g/mol. The lowest BCUT2D eigenvalue weighted by atomic mass is 9.67. The van der Waals surface area contributed by atoms with E-state index in [2.05, 4.69) is 4.72 Å². The number of nitrogens with one attached hydrogen (secondary N) is 1. The van der Waals surface area contributed by atoms with Crippen molar-refractivity contribution in [1.29, 1.82) is 0 Å². The standard InChI is InChI=1S/C12H15Cl2NO2S/c1-12(2)10(14)7-11(12)15-18(16,17)9-6-4-3-5-8(9)13/h3-6,10-11,15H,7H2,1-2H3. The molecule has 0 aliphatic heterocycles. The second-order valence-corrected chi connectivity index (χ2v) is 7.75. The van der Waals surface area contributed by atoms with Gasteiger partial charge in [0.05, 0.1) is 5.02 Å². The lowest BCUT2D eigenvalue weighted by molar-refractivity contribution is 0.137. The van der Waals surface area contributed by atoms with Crippen LogP contribution in [-0.4, -0.2) is 19.8 Å². The van der Waals surface area contributed by atoms with Gasteiger partial charge in [0.15, 0.2) is 0 Å². The molecule has 6 heteroatoms. The number of hydrogen-bond acceptors (Lipinski definition) is 2. The van der Waals surface area contributed by atoms with Gasteiger partial charge in [-0.3, -0.25) is 0 Å². The number of hydrogen-bond donors (Lipinski definition) is 1. The highest BCUT2D eigenvalue weighted by atomic mass is 35.5. The summed E-state index contributed by atoms with van der Waals surface area (Å²) in [4.78, 5) is 0.112. The van der Waals surface area contributed by atoms with Crippen LogP contribution in [-0.2, 0) is 10.0 Å². The van der Waals surface area contributed by atoms with Crippen molar-refractivity contribution in [1.82, 2.24) is 4.72 Å². The van der Waals surface area contributed by atoms with Crippen LogP contribution in [0, 0.1) is 5.41 Å². The monoisotopic (exact) mass is 307 g/mol. The number of sulfonamides is 1. The Morgan fingerprint density at radius 3 is 2.44 bits per heavy atom. The van der Waals surface area contributed by atoms with Gasteiger partial charge < -0.3 is 0 Å². The summed E-state index contributed by atoms with van der Waals surface area (Å²) in [6.45, 7) is 3.90. The van der Waals surface area contributed by atoms with Gasteiger partial charge in [-0.05, 0) is 24.0 Å². The lowest BCUT2D eigenvalue weighted by Gasteiger charge is -2.48. The van der Waals surface area contributed by atoms with E-state index in [1.807, 2.05) is 13.8 Å². The summed E-state index contributed by atoms with van der Waals surface area (Å²) < 4.78 is 27.1. The molecule has 0 aromatic heterocycles. The van der Waals surface area contributed by atoms with Gasteiger partial charge >= 0.3 is 0 Å². The number of alkyl halides is 1. The first-order valence-electron chi connectivity index (χ1n) is 5.66. The van der Waals surface area contributed by atoms with E-state index in [1.165, 1.54) is 6.07 Å². The molecule has 0 spiro atoms. The molecular formula is C12H15Cl2NO2S. The topological polar surface area (TPSA) is 46.2 Å². The van der Waals surface area contributed by atoms with E-state index in [-0.39, 0.29) is 26.8 Å². The molecule has 1 saturated carbocycles. The Morgan fingerprint density at radius 1 is 1.33 bits per heavy atom. The molecule has 100 valence electrons. The fourth-order valence-electron chi connectivity index (χ4n) is 1.99. The maximum atomic E-state index is 12.2. The highest BCUT2D eigenvalue weighted by Gasteiger charge is 2.48. The van der Waals surface area contributed by atoms with Crippen LogP contribution < -0.4 is 4.72 Å². The van der Waals surface area contributed by atoms with Crippen LogP contribution in [0.1, 0.15) is 20.3 Å². The van der Waals surface area contributed by atoms with Gasteiger partial charge in [-0.25, -0.2) is 13.1 Å². The Labute approximate surface area is 118 Å². The van der Waals surface area contributed by atoms with E-state index in [4.69, 9.17) is 23.2 Å². The minimum atomic E-state index is -3.59. The van der Waals surface area contributed by atoms with Crippen molar-refractivity contribution < 1.29 is 8.42 Å². The first kappa shape index (κ1) is 14.1. The minimum Gasteiger partial charge on any atom is -0.207 e. The number of benzene rings is 1. The Hall–Kier alpha value is -0.290. The maximum absolute atomic E-state index is 12.2. The normalized spacial score (nSPS) is 26.7. The van der Waals surface area contributed by atoms with Gasteiger partial charge in [0, 0.05) is 11.4 Å². The van der Waals surface area contributed by atoms with E-state index in [0.717, 1.165) is 0 Å². The predicted molar refractivity (Wildman–Crippen MR) is 73.6 cm³/mol. The summed E-state index contributed by atoms with van der Waals surface area (Å²) in [6, 6.07) is 6.25. The van der Waals surface area contributed by atoms with Crippen molar-refractivity contribution in [2.24, 2.45) is 5.41 Å². The van der Waals surface area contributed by atoms with Crippen molar-refractivity contribution in [2.75, 3.05) is 0 Å². The van der Waals surface area contributed by atoms with Crippen LogP contribution in [0.15, 0.2) is 29.2 Å². The molecule has 2 atom stereocenters. The second-order valence-electron chi connectivity index (χ2n) is 5.13. The minimum absolute atomic E-state index is 0.00329. The summed E-state index contributed by atoms with van der Waals surface area (Å²) >= 11 is 12.0. The Balaban J connectivity index is 2.22. The van der Waals surface area contributed by atoms with Crippen molar-refractivity contribution in [3.8, 4) is 0 Å². The molecule has 0 bridgehead atoms. The van der Waals surface area contributed by atoms with E-state index < -0.39 is 10.0 Å². The molecule has 0 amide bonds. The van der Waals surface area contributed by atoms with Crippen LogP contribution in [0.25, 0.3) is 0 Å². The Kier molecular flexibility index (Phi) is 3.67. The summed E-state index contributed by atoms with van der Waals surface area (Å²) in [7, 11) is -3.59. The van der Waals surface area contributed by atoms with Gasteiger partial charge in [0.2, 0.25) is 10.0 Å². The van der Waals surface area contributed by atoms with Crippen LogP contribution in [0.3, 0.4) is 0 Å². The molecule has 1 aromatic rings. The third kappa shape index (κ3) is 2.39. The molecule has 1 aromatic carbocycles. The average Bonchev–Trinajstić information content (AvgIpc) is 2.29. The smallest absolute Gasteiger partial charge is 0.207 e. The van der Waals surface area contributed by atoms with Crippen LogP contribution >= 0.6 is 23.2 Å². The predicted octanol–water partition coefficient (Wildman–Crippen LogP) is 3.02. The van der Waals surface area contributed by atoms with Crippen LogP contribution in [0.2, 0.25) is 5.02 Å².